The van der Waals surface area contributed by atoms with Crippen LogP contribution in [0.4, 0.5) is 11.8 Å². The first-order chi connectivity index (χ1) is 11.3. The van der Waals surface area contributed by atoms with Gasteiger partial charge in [-0.1, -0.05) is 54.1 Å². The van der Waals surface area contributed by atoms with E-state index in [-0.39, 0.29) is 0 Å². The summed E-state index contributed by atoms with van der Waals surface area (Å²) in [4.78, 5) is 8.70. The topological polar surface area (TPSA) is 49.8 Å². The molecule has 5 heteroatoms. The van der Waals surface area contributed by atoms with Crippen LogP contribution in [0.2, 0.25) is 5.02 Å². The molecule has 0 amide bonds. The first-order valence-corrected chi connectivity index (χ1v) is 7.76. The van der Waals surface area contributed by atoms with Crippen molar-refractivity contribution in [1.82, 2.24) is 9.97 Å². The fraction of sp³-hybridized carbons (Fsp3) is 0.111. The van der Waals surface area contributed by atoms with E-state index in [1.54, 1.807) is 6.20 Å². The summed E-state index contributed by atoms with van der Waals surface area (Å²) >= 11 is 5.88. The maximum atomic E-state index is 5.88. The van der Waals surface area contributed by atoms with Gasteiger partial charge in [-0.3, -0.25) is 0 Å². The van der Waals surface area contributed by atoms with Crippen molar-refractivity contribution in [3.8, 4) is 0 Å². The summed E-state index contributed by atoms with van der Waals surface area (Å²) in [7, 11) is 0. The zero-order chi connectivity index (χ0) is 15.9. The monoisotopic (exact) mass is 324 g/mol. The Hall–Kier alpha value is -2.59. The second kappa shape index (κ2) is 7.61. The van der Waals surface area contributed by atoms with E-state index in [4.69, 9.17) is 11.6 Å². The summed E-state index contributed by atoms with van der Waals surface area (Å²) in [6, 6.07) is 19.8. The van der Waals surface area contributed by atoms with Gasteiger partial charge in [0.1, 0.15) is 5.82 Å². The smallest absolute Gasteiger partial charge is 0.224 e. The van der Waals surface area contributed by atoms with Crippen LogP contribution in [0, 0.1) is 0 Å². The zero-order valence-corrected chi connectivity index (χ0v) is 13.3. The molecule has 0 saturated carbocycles. The number of hydrogen-bond acceptors (Lipinski definition) is 4. The second-order valence-corrected chi connectivity index (χ2v) is 5.52. The van der Waals surface area contributed by atoms with E-state index in [2.05, 4.69) is 32.7 Å². The highest BCUT2D eigenvalue weighted by atomic mass is 35.5. The van der Waals surface area contributed by atoms with Crippen LogP contribution in [0.3, 0.4) is 0 Å². The number of hydrogen-bond donors (Lipinski definition) is 2. The summed E-state index contributed by atoms with van der Waals surface area (Å²) in [5.74, 6) is 1.39. The molecule has 0 saturated heterocycles. The second-order valence-electron chi connectivity index (χ2n) is 5.08. The summed E-state index contributed by atoms with van der Waals surface area (Å²) < 4.78 is 0. The van der Waals surface area contributed by atoms with E-state index >= 15 is 0 Å². The van der Waals surface area contributed by atoms with Gasteiger partial charge in [0.25, 0.3) is 0 Å². The lowest BCUT2D eigenvalue weighted by atomic mass is 10.2. The molecule has 1 heterocycles. The standard InChI is InChI=1S/C18H17ClN4/c19-16-8-6-15(7-9-16)13-22-18-20-11-10-17(23-18)21-12-14-4-2-1-3-5-14/h1-11H,12-13H2,(H2,20,21,22,23). The molecule has 0 unspecified atom stereocenters. The third kappa shape index (κ3) is 4.69. The van der Waals surface area contributed by atoms with Crippen LogP contribution < -0.4 is 10.6 Å². The third-order valence-electron chi connectivity index (χ3n) is 3.34. The minimum Gasteiger partial charge on any atom is -0.366 e. The van der Waals surface area contributed by atoms with E-state index in [0.717, 1.165) is 22.9 Å². The normalized spacial score (nSPS) is 10.3. The Morgan fingerprint density at radius 3 is 2.26 bits per heavy atom. The van der Waals surface area contributed by atoms with Gasteiger partial charge in [-0.15, -0.1) is 0 Å². The molecule has 4 nitrogen and oxygen atoms in total. The number of nitrogens with one attached hydrogen (secondary N) is 2. The fourth-order valence-electron chi connectivity index (χ4n) is 2.11. The molecule has 0 spiro atoms. The lowest BCUT2D eigenvalue weighted by molar-refractivity contribution is 1.03. The molecular weight excluding hydrogens is 308 g/mol. The van der Waals surface area contributed by atoms with Gasteiger partial charge in [0.05, 0.1) is 0 Å². The molecule has 2 aromatic carbocycles. The zero-order valence-electron chi connectivity index (χ0n) is 12.5. The number of rotatable bonds is 6. The quantitative estimate of drug-likeness (QED) is 0.707. The molecule has 0 bridgehead atoms. The van der Waals surface area contributed by atoms with Crippen LogP contribution in [0.15, 0.2) is 66.9 Å². The largest absolute Gasteiger partial charge is 0.366 e. The Morgan fingerprint density at radius 1 is 0.783 bits per heavy atom. The van der Waals surface area contributed by atoms with Crippen molar-refractivity contribution in [3.63, 3.8) is 0 Å². The van der Waals surface area contributed by atoms with Crippen molar-refractivity contribution < 1.29 is 0 Å². The van der Waals surface area contributed by atoms with Crippen molar-refractivity contribution >= 4 is 23.4 Å². The van der Waals surface area contributed by atoms with Crippen LogP contribution in [-0.4, -0.2) is 9.97 Å². The van der Waals surface area contributed by atoms with E-state index in [1.165, 1.54) is 5.56 Å². The lowest BCUT2D eigenvalue weighted by Gasteiger charge is -2.08. The molecule has 2 N–H and O–H groups in total. The Bertz CT molecular complexity index is 744. The molecule has 3 rings (SSSR count). The molecule has 1 aromatic heterocycles. The van der Waals surface area contributed by atoms with E-state index in [9.17, 15) is 0 Å². The summed E-state index contributed by atoms with van der Waals surface area (Å²) in [5.41, 5.74) is 2.34. The van der Waals surface area contributed by atoms with Crippen LogP contribution in [0.25, 0.3) is 0 Å². The first-order valence-electron chi connectivity index (χ1n) is 7.39. The van der Waals surface area contributed by atoms with E-state index in [0.29, 0.717) is 12.5 Å². The van der Waals surface area contributed by atoms with Crippen molar-refractivity contribution in [2.45, 2.75) is 13.1 Å². The highest BCUT2D eigenvalue weighted by molar-refractivity contribution is 6.30. The van der Waals surface area contributed by atoms with Gasteiger partial charge in [-0.2, -0.15) is 4.98 Å². The molecule has 0 aliphatic heterocycles. The van der Waals surface area contributed by atoms with Crippen molar-refractivity contribution in [2.24, 2.45) is 0 Å². The predicted molar refractivity (Wildman–Crippen MR) is 94.6 cm³/mol. The molecule has 0 fully saturated rings. The Balaban J connectivity index is 1.57. The molecule has 0 atom stereocenters. The average Bonchev–Trinajstić information content (AvgIpc) is 2.61. The molecular formula is C18H17ClN4. The third-order valence-corrected chi connectivity index (χ3v) is 3.59. The number of nitrogens with zero attached hydrogens (tertiary/aromatic N) is 2. The predicted octanol–water partition coefficient (Wildman–Crippen LogP) is 4.35. The Kier molecular flexibility index (Phi) is 5.06. The van der Waals surface area contributed by atoms with Gasteiger partial charge in [0.15, 0.2) is 0 Å². The Morgan fingerprint density at radius 2 is 1.48 bits per heavy atom. The van der Waals surface area contributed by atoms with Gasteiger partial charge in [-0.25, -0.2) is 4.98 Å². The van der Waals surface area contributed by atoms with Crippen molar-refractivity contribution in [2.75, 3.05) is 10.6 Å². The molecule has 116 valence electrons. The minimum atomic E-state index is 0.595. The van der Waals surface area contributed by atoms with E-state index in [1.807, 2.05) is 48.5 Å². The molecule has 3 aromatic rings. The molecule has 0 aliphatic rings. The SMILES string of the molecule is Clc1ccc(CNc2nccc(NCc3ccccc3)n2)cc1. The maximum Gasteiger partial charge on any atom is 0.224 e. The van der Waals surface area contributed by atoms with Crippen molar-refractivity contribution in [3.05, 3.63) is 83.0 Å². The number of aromatic nitrogens is 2. The van der Waals surface area contributed by atoms with Gasteiger partial charge in [0, 0.05) is 24.3 Å². The lowest BCUT2D eigenvalue weighted by Crippen LogP contribution is -2.06. The van der Waals surface area contributed by atoms with Gasteiger partial charge in [0.2, 0.25) is 5.95 Å². The van der Waals surface area contributed by atoms with Crippen LogP contribution >= 0.6 is 11.6 Å². The van der Waals surface area contributed by atoms with E-state index < -0.39 is 0 Å². The van der Waals surface area contributed by atoms with Gasteiger partial charge >= 0.3 is 0 Å². The van der Waals surface area contributed by atoms with Gasteiger partial charge < -0.3 is 10.6 Å². The summed E-state index contributed by atoms with van der Waals surface area (Å²) in [5, 5.41) is 7.25. The number of benzene rings is 2. The summed E-state index contributed by atoms with van der Waals surface area (Å²) in [6.07, 6.45) is 1.74. The van der Waals surface area contributed by atoms with Crippen LogP contribution in [0.5, 0.6) is 0 Å². The molecule has 0 radical (unpaired) electrons. The van der Waals surface area contributed by atoms with Gasteiger partial charge in [-0.05, 0) is 29.3 Å². The first kappa shape index (κ1) is 15.3. The highest BCUT2D eigenvalue weighted by Gasteiger charge is 2.00. The fourth-order valence-corrected chi connectivity index (χ4v) is 2.24. The van der Waals surface area contributed by atoms with Crippen LogP contribution in [-0.2, 0) is 13.1 Å². The number of anilines is 2. The maximum absolute atomic E-state index is 5.88. The summed E-state index contributed by atoms with van der Waals surface area (Å²) in [6.45, 7) is 1.38. The highest BCUT2D eigenvalue weighted by Crippen LogP contribution is 2.12. The molecule has 23 heavy (non-hydrogen) atoms. The Labute approximate surface area is 140 Å². The molecule has 0 aliphatic carbocycles. The average molecular weight is 325 g/mol. The van der Waals surface area contributed by atoms with Crippen molar-refractivity contribution in [1.29, 1.82) is 0 Å². The number of halogens is 1. The minimum absolute atomic E-state index is 0.595. The van der Waals surface area contributed by atoms with Crippen LogP contribution in [0.1, 0.15) is 11.1 Å².